The molecule has 1 aliphatic heterocycles. The highest BCUT2D eigenvalue weighted by molar-refractivity contribution is 6.68. The molecule has 0 aromatic rings. The second kappa shape index (κ2) is 5.83. The Morgan fingerprint density at radius 3 is 2.57 bits per heavy atom. The summed E-state index contributed by atoms with van der Waals surface area (Å²) in [5.74, 6) is 0. The van der Waals surface area contributed by atoms with Gasteiger partial charge in [0, 0.05) is 26.2 Å². The van der Waals surface area contributed by atoms with E-state index in [9.17, 15) is 0 Å². The average Bonchev–Trinajstić information content (AvgIpc) is 2.19. The molecular formula is C10H16ClN3. The van der Waals surface area contributed by atoms with E-state index in [0.717, 1.165) is 31.9 Å². The van der Waals surface area contributed by atoms with E-state index in [4.69, 9.17) is 17.0 Å². The molecule has 78 valence electrons. The number of hydrogen-bond donors (Lipinski definition) is 2. The van der Waals surface area contributed by atoms with Gasteiger partial charge in [-0.1, -0.05) is 23.8 Å². The molecule has 4 heteroatoms. The van der Waals surface area contributed by atoms with Crippen molar-refractivity contribution in [1.82, 2.24) is 10.2 Å². The van der Waals surface area contributed by atoms with E-state index in [1.807, 2.05) is 25.2 Å². The normalized spacial score (nSPS) is 19.0. The fourth-order valence-electron chi connectivity index (χ4n) is 1.41. The van der Waals surface area contributed by atoms with Gasteiger partial charge in [-0.15, -0.1) is 0 Å². The number of nitrogens with one attached hydrogen (secondary N) is 2. The fourth-order valence-corrected chi connectivity index (χ4v) is 1.59. The quantitative estimate of drug-likeness (QED) is 0.552. The maximum Gasteiger partial charge on any atom is 0.144 e. The maximum atomic E-state index is 7.47. The van der Waals surface area contributed by atoms with Crippen LogP contribution in [0.5, 0.6) is 0 Å². The first kappa shape index (κ1) is 11.3. The van der Waals surface area contributed by atoms with Gasteiger partial charge in [0.25, 0.3) is 0 Å². The standard InChI is InChI=1S/C10H16ClN3/c1-2-3-4-9(10(11)12)14-7-5-13-6-8-14/h2-4,12-13H,5-8H2,1H3/b3-2+,9-4+,12-10?. The van der Waals surface area contributed by atoms with Crippen LogP contribution in [0.1, 0.15) is 6.92 Å². The van der Waals surface area contributed by atoms with Gasteiger partial charge in [0.1, 0.15) is 5.17 Å². The van der Waals surface area contributed by atoms with Crippen LogP contribution in [0, 0.1) is 5.41 Å². The van der Waals surface area contributed by atoms with Gasteiger partial charge in [0.2, 0.25) is 0 Å². The minimum atomic E-state index is 0.116. The zero-order valence-corrected chi connectivity index (χ0v) is 9.14. The first-order chi connectivity index (χ1) is 6.75. The van der Waals surface area contributed by atoms with E-state index in [2.05, 4.69) is 10.2 Å². The van der Waals surface area contributed by atoms with Gasteiger partial charge < -0.3 is 10.2 Å². The van der Waals surface area contributed by atoms with Crippen molar-refractivity contribution < 1.29 is 0 Å². The Balaban J connectivity index is 2.70. The van der Waals surface area contributed by atoms with Gasteiger partial charge in [-0.3, -0.25) is 5.41 Å². The average molecular weight is 214 g/mol. The third-order valence-corrected chi connectivity index (χ3v) is 2.32. The van der Waals surface area contributed by atoms with Crippen molar-refractivity contribution in [3.8, 4) is 0 Å². The fraction of sp³-hybridized carbons (Fsp3) is 0.500. The minimum absolute atomic E-state index is 0.116. The second-order valence-corrected chi connectivity index (χ2v) is 3.51. The summed E-state index contributed by atoms with van der Waals surface area (Å²) >= 11 is 5.73. The number of allylic oxidation sites excluding steroid dienone is 4. The van der Waals surface area contributed by atoms with Crippen molar-refractivity contribution in [2.24, 2.45) is 0 Å². The van der Waals surface area contributed by atoms with Gasteiger partial charge >= 0.3 is 0 Å². The maximum absolute atomic E-state index is 7.47. The molecule has 0 amide bonds. The summed E-state index contributed by atoms with van der Waals surface area (Å²) in [6, 6.07) is 0. The van der Waals surface area contributed by atoms with Crippen LogP contribution in [0.4, 0.5) is 0 Å². The van der Waals surface area contributed by atoms with E-state index >= 15 is 0 Å². The Morgan fingerprint density at radius 1 is 1.43 bits per heavy atom. The van der Waals surface area contributed by atoms with Crippen LogP contribution < -0.4 is 5.32 Å². The molecule has 0 aromatic carbocycles. The summed E-state index contributed by atoms with van der Waals surface area (Å²) in [6.45, 7) is 5.69. The Kier molecular flexibility index (Phi) is 4.70. The molecule has 0 unspecified atom stereocenters. The smallest absolute Gasteiger partial charge is 0.144 e. The van der Waals surface area contributed by atoms with Crippen LogP contribution in [-0.4, -0.2) is 36.2 Å². The highest BCUT2D eigenvalue weighted by Crippen LogP contribution is 2.10. The van der Waals surface area contributed by atoms with Gasteiger partial charge in [0.05, 0.1) is 5.70 Å². The SMILES string of the molecule is C/C=C/C=C(\C(=N)Cl)N1CCNCC1. The molecule has 0 bridgehead atoms. The molecule has 0 spiro atoms. The molecule has 0 radical (unpaired) electrons. The van der Waals surface area contributed by atoms with Crippen molar-refractivity contribution >= 4 is 16.8 Å². The molecule has 14 heavy (non-hydrogen) atoms. The van der Waals surface area contributed by atoms with E-state index in [-0.39, 0.29) is 5.17 Å². The largest absolute Gasteiger partial charge is 0.367 e. The molecule has 0 atom stereocenters. The van der Waals surface area contributed by atoms with Crippen molar-refractivity contribution in [3.05, 3.63) is 23.9 Å². The van der Waals surface area contributed by atoms with Crippen molar-refractivity contribution in [1.29, 1.82) is 5.41 Å². The van der Waals surface area contributed by atoms with Crippen molar-refractivity contribution in [2.75, 3.05) is 26.2 Å². The van der Waals surface area contributed by atoms with Crippen LogP contribution in [0.2, 0.25) is 0 Å². The molecule has 0 aromatic heterocycles. The molecule has 1 saturated heterocycles. The van der Waals surface area contributed by atoms with Gasteiger partial charge in [-0.05, 0) is 13.0 Å². The highest BCUT2D eigenvalue weighted by Gasteiger charge is 2.14. The summed E-state index contributed by atoms with van der Waals surface area (Å²) in [5, 5.41) is 10.8. The summed E-state index contributed by atoms with van der Waals surface area (Å²) in [7, 11) is 0. The van der Waals surface area contributed by atoms with Crippen molar-refractivity contribution in [3.63, 3.8) is 0 Å². The van der Waals surface area contributed by atoms with E-state index in [1.165, 1.54) is 0 Å². The zero-order chi connectivity index (χ0) is 10.4. The number of piperazine rings is 1. The van der Waals surface area contributed by atoms with Crippen LogP contribution in [0.25, 0.3) is 0 Å². The third kappa shape index (κ3) is 3.16. The molecular weight excluding hydrogens is 198 g/mol. The lowest BCUT2D eigenvalue weighted by Gasteiger charge is -2.30. The highest BCUT2D eigenvalue weighted by atomic mass is 35.5. The lowest BCUT2D eigenvalue weighted by molar-refractivity contribution is 0.312. The van der Waals surface area contributed by atoms with Crippen LogP contribution in [0.15, 0.2) is 23.9 Å². The van der Waals surface area contributed by atoms with E-state index < -0.39 is 0 Å². The van der Waals surface area contributed by atoms with Gasteiger partial charge in [-0.25, -0.2) is 0 Å². The topological polar surface area (TPSA) is 39.1 Å². The van der Waals surface area contributed by atoms with Crippen LogP contribution in [0.3, 0.4) is 0 Å². The lowest BCUT2D eigenvalue weighted by Crippen LogP contribution is -2.43. The molecule has 0 aliphatic carbocycles. The van der Waals surface area contributed by atoms with Crippen molar-refractivity contribution in [2.45, 2.75) is 6.92 Å². The molecule has 1 fully saturated rings. The minimum Gasteiger partial charge on any atom is -0.367 e. The molecule has 0 saturated carbocycles. The second-order valence-electron chi connectivity index (χ2n) is 3.13. The molecule has 2 N–H and O–H groups in total. The van der Waals surface area contributed by atoms with Gasteiger partial charge in [-0.2, -0.15) is 0 Å². The predicted octanol–water partition coefficient (Wildman–Crippen LogP) is 1.57. The molecule has 1 rings (SSSR count). The molecule has 1 heterocycles. The van der Waals surface area contributed by atoms with E-state index in [0.29, 0.717) is 0 Å². The number of rotatable bonds is 3. The summed E-state index contributed by atoms with van der Waals surface area (Å²) in [6.07, 6.45) is 5.73. The Bertz CT molecular complexity index is 252. The Labute approximate surface area is 89.9 Å². The lowest BCUT2D eigenvalue weighted by atomic mass is 10.3. The third-order valence-electron chi connectivity index (χ3n) is 2.13. The molecule has 3 nitrogen and oxygen atoms in total. The summed E-state index contributed by atoms with van der Waals surface area (Å²) in [5.41, 5.74) is 0.811. The Morgan fingerprint density at radius 2 is 2.07 bits per heavy atom. The number of halogens is 1. The predicted molar refractivity (Wildman–Crippen MR) is 60.9 cm³/mol. The number of hydrogen-bond acceptors (Lipinski definition) is 3. The van der Waals surface area contributed by atoms with Crippen LogP contribution in [-0.2, 0) is 0 Å². The summed E-state index contributed by atoms with van der Waals surface area (Å²) in [4.78, 5) is 2.13. The molecule has 1 aliphatic rings. The number of nitrogens with zero attached hydrogens (tertiary/aromatic N) is 1. The first-order valence-electron chi connectivity index (χ1n) is 4.78. The zero-order valence-electron chi connectivity index (χ0n) is 8.39. The van der Waals surface area contributed by atoms with Crippen LogP contribution >= 0.6 is 11.6 Å². The Hall–Kier alpha value is -0.800. The van der Waals surface area contributed by atoms with E-state index in [1.54, 1.807) is 0 Å². The first-order valence-corrected chi connectivity index (χ1v) is 5.16. The summed E-state index contributed by atoms with van der Waals surface area (Å²) < 4.78 is 0. The van der Waals surface area contributed by atoms with Gasteiger partial charge in [0.15, 0.2) is 0 Å². The monoisotopic (exact) mass is 213 g/mol.